The summed E-state index contributed by atoms with van der Waals surface area (Å²) in [7, 11) is 3.58. The van der Waals surface area contributed by atoms with Gasteiger partial charge in [-0.2, -0.15) is 0 Å². The monoisotopic (exact) mass is 370 g/mol. The number of fused-ring (bicyclic) bond motifs is 1. The van der Waals surface area contributed by atoms with Crippen molar-refractivity contribution in [2.75, 3.05) is 40.5 Å². The minimum atomic E-state index is 0.0172. The molecule has 1 N–H and O–H groups in total. The summed E-state index contributed by atoms with van der Waals surface area (Å²) in [6, 6.07) is 13.8. The van der Waals surface area contributed by atoms with Gasteiger partial charge in [-0.25, -0.2) is 0 Å². The molecule has 0 aromatic heterocycles. The van der Waals surface area contributed by atoms with Crippen molar-refractivity contribution in [3.05, 3.63) is 53.6 Å². The van der Waals surface area contributed by atoms with Gasteiger partial charge in [0.15, 0.2) is 11.5 Å². The van der Waals surface area contributed by atoms with Crippen molar-refractivity contribution in [1.29, 1.82) is 0 Å². The number of carbonyl (C=O) groups excluding carboxylic acids is 1. The van der Waals surface area contributed by atoms with E-state index in [1.165, 1.54) is 5.56 Å². The number of carbonyl (C=O) groups is 1. The predicted molar refractivity (Wildman–Crippen MR) is 103 cm³/mol. The lowest BCUT2D eigenvalue weighted by Gasteiger charge is -2.21. The average Bonchev–Trinajstić information content (AvgIpc) is 2.68. The van der Waals surface area contributed by atoms with E-state index < -0.39 is 0 Å². The van der Waals surface area contributed by atoms with Crippen molar-refractivity contribution in [3.8, 4) is 17.2 Å². The molecule has 2 aromatic carbocycles. The highest BCUT2D eigenvalue weighted by atomic mass is 16.6. The Morgan fingerprint density at radius 1 is 1.07 bits per heavy atom. The quantitative estimate of drug-likeness (QED) is 0.772. The number of hydrogen-bond acceptors (Lipinski definition) is 5. The number of methoxy groups -OCH3 is 1. The Bertz CT molecular complexity index is 761. The Hall–Kier alpha value is -2.73. The molecule has 0 unspecified atom stereocenters. The topological polar surface area (TPSA) is 60.0 Å². The Morgan fingerprint density at radius 3 is 2.52 bits per heavy atom. The second-order valence-electron chi connectivity index (χ2n) is 6.60. The first-order valence-electron chi connectivity index (χ1n) is 9.11. The molecule has 3 rings (SSSR count). The van der Waals surface area contributed by atoms with Gasteiger partial charge in [0.25, 0.3) is 0 Å². The molecule has 1 aliphatic rings. The molecule has 6 nitrogen and oxygen atoms in total. The van der Waals surface area contributed by atoms with Crippen LogP contribution in [0.1, 0.15) is 11.1 Å². The molecule has 6 heteroatoms. The average molecular weight is 370 g/mol. The van der Waals surface area contributed by atoms with E-state index in [4.69, 9.17) is 14.2 Å². The maximum absolute atomic E-state index is 12.1. The third-order valence-corrected chi connectivity index (χ3v) is 4.37. The van der Waals surface area contributed by atoms with Crippen LogP contribution in [-0.2, 0) is 17.8 Å². The summed E-state index contributed by atoms with van der Waals surface area (Å²) in [5.41, 5.74) is 2.26. The van der Waals surface area contributed by atoms with E-state index in [2.05, 4.69) is 5.32 Å². The number of hydrogen-bond donors (Lipinski definition) is 1. The summed E-state index contributed by atoms with van der Waals surface area (Å²) in [6.07, 6.45) is 0.793. The lowest BCUT2D eigenvalue weighted by atomic mass is 10.1. The Balaban J connectivity index is 1.40. The van der Waals surface area contributed by atoms with E-state index in [1.807, 2.05) is 54.4 Å². The fraction of sp³-hybridized carbons (Fsp3) is 0.381. The smallest absolute Gasteiger partial charge is 0.234 e. The van der Waals surface area contributed by atoms with Gasteiger partial charge in [-0.1, -0.05) is 18.2 Å². The minimum absolute atomic E-state index is 0.0172. The first-order valence-corrected chi connectivity index (χ1v) is 9.11. The van der Waals surface area contributed by atoms with Crippen molar-refractivity contribution >= 4 is 5.91 Å². The molecule has 144 valence electrons. The molecule has 0 radical (unpaired) electrons. The fourth-order valence-electron chi connectivity index (χ4n) is 2.99. The van der Waals surface area contributed by atoms with E-state index in [0.717, 1.165) is 29.2 Å². The van der Waals surface area contributed by atoms with Gasteiger partial charge in [-0.05, 0) is 48.9 Å². The summed E-state index contributed by atoms with van der Waals surface area (Å²) in [5.74, 6) is 2.41. The minimum Gasteiger partial charge on any atom is -0.497 e. The van der Waals surface area contributed by atoms with Crippen molar-refractivity contribution in [1.82, 2.24) is 10.2 Å². The molecule has 0 bridgehead atoms. The van der Waals surface area contributed by atoms with Crippen molar-refractivity contribution < 1.29 is 19.0 Å². The molecular weight excluding hydrogens is 344 g/mol. The molecule has 1 amide bonds. The van der Waals surface area contributed by atoms with Crippen LogP contribution in [0.2, 0.25) is 0 Å². The largest absolute Gasteiger partial charge is 0.497 e. The summed E-state index contributed by atoms with van der Waals surface area (Å²) >= 11 is 0. The van der Waals surface area contributed by atoms with E-state index in [9.17, 15) is 4.79 Å². The highest BCUT2D eigenvalue weighted by molar-refractivity contribution is 5.77. The van der Waals surface area contributed by atoms with Gasteiger partial charge in [0, 0.05) is 13.1 Å². The first-order chi connectivity index (χ1) is 13.1. The van der Waals surface area contributed by atoms with Gasteiger partial charge in [0.05, 0.1) is 13.7 Å². The van der Waals surface area contributed by atoms with Crippen LogP contribution in [0.4, 0.5) is 0 Å². The molecule has 0 fully saturated rings. The van der Waals surface area contributed by atoms with E-state index in [-0.39, 0.29) is 5.91 Å². The summed E-state index contributed by atoms with van der Waals surface area (Å²) in [4.78, 5) is 14.1. The molecule has 0 atom stereocenters. The van der Waals surface area contributed by atoms with Crippen LogP contribution in [0.3, 0.4) is 0 Å². The Kier molecular flexibility index (Phi) is 6.54. The fourth-order valence-corrected chi connectivity index (χ4v) is 2.99. The normalized spacial score (nSPS) is 12.7. The van der Waals surface area contributed by atoms with Gasteiger partial charge >= 0.3 is 0 Å². The molecule has 0 saturated carbocycles. The lowest BCUT2D eigenvalue weighted by Crippen LogP contribution is -2.35. The SMILES string of the molecule is COc1ccc(CCNC(=O)CN(C)Cc2ccc3c(c2)OCCO3)cc1. The number of rotatable bonds is 8. The van der Waals surface area contributed by atoms with Gasteiger partial charge < -0.3 is 19.5 Å². The third kappa shape index (κ3) is 5.62. The Labute approximate surface area is 160 Å². The van der Waals surface area contributed by atoms with Crippen LogP contribution in [0.25, 0.3) is 0 Å². The number of benzene rings is 2. The molecule has 0 spiro atoms. The predicted octanol–water partition coefficient (Wildman–Crippen LogP) is 2.26. The second-order valence-corrected chi connectivity index (χ2v) is 6.60. The highest BCUT2D eigenvalue weighted by Crippen LogP contribution is 2.30. The third-order valence-electron chi connectivity index (χ3n) is 4.37. The van der Waals surface area contributed by atoms with Gasteiger partial charge in [0.2, 0.25) is 5.91 Å². The van der Waals surface area contributed by atoms with Crippen LogP contribution >= 0.6 is 0 Å². The second kappa shape index (κ2) is 9.28. The molecule has 1 aliphatic heterocycles. The van der Waals surface area contributed by atoms with Crippen LogP contribution in [0.5, 0.6) is 17.2 Å². The van der Waals surface area contributed by atoms with E-state index in [1.54, 1.807) is 7.11 Å². The zero-order valence-corrected chi connectivity index (χ0v) is 15.9. The molecular formula is C21H26N2O4. The molecule has 0 saturated heterocycles. The van der Waals surface area contributed by atoms with Crippen LogP contribution in [0, 0.1) is 0 Å². The van der Waals surface area contributed by atoms with E-state index >= 15 is 0 Å². The highest BCUT2D eigenvalue weighted by Gasteiger charge is 2.13. The number of ether oxygens (including phenoxy) is 3. The first kappa shape index (κ1) is 19.0. The standard InChI is InChI=1S/C21H26N2O4/c1-23(14-17-5-8-19-20(13-17)27-12-11-26-19)15-21(24)22-10-9-16-3-6-18(25-2)7-4-16/h3-8,13H,9-12,14-15H2,1-2H3,(H,22,24). The maximum atomic E-state index is 12.1. The number of amides is 1. The zero-order valence-electron chi connectivity index (χ0n) is 15.9. The Morgan fingerprint density at radius 2 is 1.78 bits per heavy atom. The van der Waals surface area contributed by atoms with Crippen molar-refractivity contribution in [2.24, 2.45) is 0 Å². The zero-order chi connectivity index (χ0) is 19.1. The van der Waals surface area contributed by atoms with Crippen LogP contribution in [-0.4, -0.2) is 51.3 Å². The summed E-state index contributed by atoms with van der Waals surface area (Å²) in [5, 5.41) is 2.97. The van der Waals surface area contributed by atoms with Crippen LogP contribution in [0.15, 0.2) is 42.5 Å². The van der Waals surface area contributed by atoms with Crippen LogP contribution < -0.4 is 19.5 Å². The number of likely N-dealkylation sites (N-methyl/N-ethyl adjacent to an activating group) is 1. The molecule has 27 heavy (non-hydrogen) atoms. The van der Waals surface area contributed by atoms with Crippen molar-refractivity contribution in [3.63, 3.8) is 0 Å². The summed E-state index contributed by atoms with van der Waals surface area (Å²) in [6.45, 7) is 2.79. The maximum Gasteiger partial charge on any atom is 0.234 e. The number of nitrogens with one attached hydrogen (secondary N) is 1. The van der Waals surface area contributed by atoms with Crippen molar-refractivity contribution in [2.45, 2.75) is 13.0 Å². The summed E-state index contributed by atoms with van der Waals surface area (Å²) < 4.78 is 16.3. The molecule has 0 aliphatic carbocycles. The van der Waals surface area contributed by atoms with E-state index in [0.29, 0.717) is 32.8 Å². The van der Waals surface area contributed by atoms with Gasteiger partial charge in [-0.3, -0.25) is 9.69 Å². The molecule has 1 heterocycles. The van der Waals surface area contributed by atoms with Gasteiger partial charge in [-0.15, -0.1) is 0 Å². The number of nitrogens with zero attached hydrogens (tertiary/aromatic N) is 1. The lowest BCUT2D eigenvalue weighted by molar-refractivity contribution is -0.122. The molecule has 2 aromatic rings. The van der Waals surface area contributed by atoms with Gasteiger partial charge in [0.1, 0.15) is 19.0 Å².